The van der Waals surface area contributed by atoms with Gasteiger partial charge in [0.2, 0.25) is 0 Å². The molecule has 1 N–H and O–H groups in total. The quantitative estimate of drug-likeness (QED) is 0.817. The van der Waals surface area contributed by atoms with Crippen molar-refractivity contribution in [3.63, 3.8) is 0 Å². The maximum absolute atomic E-state index is 12.0. The van der Waals surface area contributed by atoms with Crippen molar-refractivity contribution < 1.29 is 14.3 Å². The Labute approximate surface area is 138 Å². The maximum atomic E-state index is 12.0. The molecule has 1 amide bonds. The molecule has 0 aliphatic heterocycles. The molecule has 0 bridgehead atoms. The fraction of sp³-hybridized carbons (Fsp3) is 0.579. The van der Waals surface area contributed by atoms with Crippen LogP contribution in [0.5, 0.6) is 0 Å². The van der Waals surface area contributed by atoms with Crippen LogP contribution >= 0.6 is 0 Å². The van der Waals surface area contributed by atoms with Crippen LogP contribution in [0.25, 0.3) is 0 Å². The third-order valence-corrected chi connectivity index (χ3v) is 4.14. The molecule has 0 heterocycles. The number of nitrogens with one attached hydrogen (secondary N) is 1. The second kappa shape index (κ2) is 8.70. The molecule has 1 aromatic carbocycles. The SMILES string of the molecule is CC(C)Cc1ccc(C(=O)OCC(=O)NC2CCCCC2)cc1. The van der Waals surface area contributed by atoms with Gasteiger partial charge in [-0.15, -0.1) is 0 Å². The van der Waals surface area contributed by atoms with E-state index in [9.17, 15) is 9.59 Å². The lowest BCUT2D eigenvalue weighted by Crippen LogP contribution is -2.38. The van der Waals surface area contributed by atoms with Gasteiger partial charge in [-0.25, -0.2) is 4.79 Å². The summed E-state index contributed by atoms with van der Waals surface area (Å²) in [7, 11) is 0. The van der Waals surface area contributed by atoms with Crippen molar-refractivity contribution in [3.05, 3.63) is 35.4 Å². The monoisotopic (exact) mass is 317 g/mol. The van der Waals surface area contributed by atoms with Crippen molar-refractivity contribution in [2.24, 2.45) is 5.92 Å². The van der Waals surface area contributed by atoms with Gasteiger partial charge in [-0.3, -0.25) is 4.79 Å². The standard InChI is InChI=1S/C19H27NO3/c1-14(2)12-15-8-10-16(11-9-15)19(22)23-13-18(21)20-17-6-4-3-5-7-17/h8-11,14,17H,3-7,12-13H2,1-2H3,(H,20,21). The predicted octanol–water partition coefficient (Wildman–Crippen LogP) is 3.49. The van der Waals surface area contributed by atoms with Crippen LogP contribution in [0.1, 0.15) is 61.9 Å². The molecule has 1 aliphatic rings. The number of amides is 1. The normalized spacial score (nSPS) is 15.4. The van der Waals surface area contributed by atoms with Crippen LogP contribution in [-0.4, -0.2) is 24.5 Å². The average molecular weight is 317 g/mol. The maximum Gasteiger partial charge on any atom is 0.338 e. The fourth-order valence-electron chi connectivity index (χ4n) is 2.98. The van der Waals surface area contributed by atoms with Crippen LogP contribution < -0.4 is 5.32 Å². The molecule has 1 aliphatic carbocycles. The van der Waals surface area contributed by atoms with Gasteiger partial charge < -0.3 is 10.1 Å². The molecule has 1 saturated carbocycles. The molecule has 0 saturated heterocycles. The van der Waals surface area contributed by atoms with Crippen LogP contribution in [-0.2, 0) is 16.0 Å². The van der Waals surface area contributed by atoms with Gasteiger partial charge in [-0.2, -0.15) is 0 Å². The van der Waals surface area contributed by atoms with E-state index in [1.54, 1.807) is 12.1 Å². The topological polar surface area (TPSA) is 55.4 Å². The minimum absolute atomic E-state index is 0.205. The number of ether oxygens (including phenoxy) is 1. The molecule has 126 valence electrons. The summed E-state index contributed by atoms with van der Waals surface area (Å²) in [6, 6.07) is 7.65. The summed E-state index contributed by atoms with van der Waals surface area (Å²) in [6.07, 6.45) is 6.60. The van der Waals surface area contributed by atoms with E-state index >= 15 is 0 Å². The summed E-state index contributed by atoms with van der Waals surface area (Å²) in [5.74, 6) is -0.0714. The first kappa shape index (κ1) is 17.5. The lowest BCUT2D eigenvalue weighted by atomic mass is 9.95. The Kier molecular flexibility index (Phi) is 6.63. The van der Waals surface area contributed by atoms with E-state index in [0.717, 1.165) is 32.1 Å². The first-order chi connectivity index (χ1) is 11.0. The molecule has 0 aromatic heterocycles. The molecule has 0 atom stereocenters. The highest BCUT2D eigenvalue weighted by Gasteiger charge is 2.17. The summed E-state index contributed by atoms with van der Waals surface area (Å²) < 4.78 is 5.10. The Hall–Kier alpha value is -1.84. The molecule has 0 spiro atoms. The van der Waals surface area contributed by atoms with E-state index in [2.05, 4.69) is 19.2 Å². The van der Waals surface area contributed by atoms with Crippen LogP contribution in [0.15, 0.2) is 24.3 Å². The van der Waals surface area contributed by atoms with E-state index in [0.29, 0.717) is 11.5 Å². The van der Waals surface area contributed by atoms with Crippen molar-refractivity contribution in [1.82, 2.24) is 5.32 Å². The second-order valence-corrected chi connectivity index (χ2v) is 6.77. The molecule has 0 unspecified atom stereocenters. The molecular weight excluding hydrogens is 290 g/mol. The highest BCUT2D eigenvalue weighted by atomic mass is 16.5. The van der Waals surface area contributed by atoms with E-state index in [4.69, 9.17) is 4.74 Å². The van der Waals surface area contributed by atoms with Gasteiger partial charge in [-0.05, 0) is 42.9 Å². The number of esters is 1. The number of rotatable bonds is 6. The van der Waals surface area contributed by atoms with E-state index in [1.165, 1.54) is 12.0 Å². The van der Waals surface area contributed by atoms with Crippen LogP contribution in [0, 0.1) is 5.92 Å². The Balaban J connectivity index is 1.76. The van der Waals surface area contributed by atoms with Crippen molar-refractivity contribution in [3.8, 4) is 0 Å². The summed E-state index contributed by atoms with van der Waals surface area (Å²) in [6.45, 7) is 4.11. The third kappa shape index (κ3) is 6.05. The van der Waals surface area contributed by atoms with E-state index in [-0.39, 0.29) is 18.6 Å². The summed E-state index contributed by atoms with van der Waals surface area (Å²) in [5, 5.41) is 2.94. The first-order valence-corrected chi connectivity index (χ1v) is 8.60. The molecular formula is C19H27NO3. The fourth-order valence-corrected chi connectivity index (χ4v) is 2.98. The molecule has 2 rings (SSSR count). The Bertz CT molecular complexity index is 516. The number of hydrogen-bond donors (Lipinski definition) is 1. The molecule has 0 radical (unpaired) electrons. The summed E-state index contributed by atoms with van der Waals surface area (Å²) in [4.78, 5) is 23.8. The molecule has 23 heavy (non-hydrogen) atoms. The van der Waals surface area contributed by atoms with Crippen molar-refractivity contribution in [2.75, 3.05) is 6.61 Å². The van der Waals surface area contributed by atoms with Crippen LogP contribution in [0.3, 0.4) is 0 Å². The highest BCUT2D eigenvalue weighted by Crippen LogP contribution is 2.17. The van der Waals surface area contributed by atoms with Gasteiger partial charge in [0.15, 0.2) is 6.61 Å². The Morgan fingerprint density at radius 2 is 1.78 bits per heavy atom. The van der Waals surface area contributed by atoms with Crippen LogP contribution in [0.4, 0.5) is 0 Å². The van der Waals surface area contributed by atoms with Crippen LogP contribution in [0.2, 0.25) is 0 Å². The molecule has 1 aromatic rings. The Morgan fingerprint density at radius 3 is 2.39 bits per heavy atom. The zero-order chi connectivity index (χ0) is 16.7. The van der Waals surface area contributed by atoms with Gasteiger partial charge in [0.25, 0.3) is 5.91 Å². The largest absolute Gasteiger partial charge is 0.452 e. The zero-order valence-electron chi connectivity index (χ0n) is 14.1. The lowest BCUT2D eigenvalue weighted by Gasteiger charge is -2.22. The Morgan fingerprint density at radius 1 is 1.13 bits per heavy atom. The zero-order valence-corrected chi connectivity index (χ0v) is 14.1. The van der Waals surface area contributed by atoms with E-state index < -0.39 is 5.97 Å². The van der Waals surface area contributed by atoms with Crippen molar-refractivity contribution in [2.45, 2.75) is 58.4 Å². The minimum atomic E-state index is -0.445. The summed E-state index contributed by atoms with van der Waals surface area (Å²) >= 11 is 0. The number of benzene rings is 1. The second-order valence-electron chi connectivity index (χ2n) is 6.77. The minimum Gasteiger partial charge on any atom is -0.452 e. The highest BCUT2D eigenvalue weighted by molar-refractivity contribution is 5.91. The average Bonchev–Trinajstić information content (AvgIpc) is 2.54. The molecule has 1 fully saturated rings. The van der Waals surface area contributed by atoms with Gasteiger partial charge in [-0.1, -0.05) is 45.2 Å². The smallest absolute Gasteiger partial charge is 0.338 e. The number of carbonyl (C=O) groups is 2. The molecule has 4 heteroatoms. The predicted molar refractivity (Wildman–Crippen MR) is 90.3 cm³/mol. The third-order valence-electron chi connectivity index (χ3n) is 4.14. The van der Waals surface area contributed by atoms with Gasteiger partial charge in [0.05, 0.1) is 5.56 Å². The molecule has 4 nitrogen and oxygen atoms in total. The number of carbonyl (C=O) groups excluding carboxylic acids is 2. The first-order valence-electron chi connectivity index (χ1n) is 8.60. The number of hydrogen-bond acceptors (Lipinski definition) is 3. The van der Waals surface area contributed by atoms with Gasteiger partial charge in [0.1, 0.15) is 0 Å². The summed E-state index contributed by atoms with van der Waals surface area (Å²) in [5.41, 5.74) is 1.69. The lowest BCUT2D eigenvalue weighted by molar-refractivity contribution is -0.125. The van der Waals surface area contributed by atoms with E-state index in [1.807, 2.05) is 12.1 Å². The van der Waals surface area contributed by atoms with Gasteiger partial charge >= 0.3 is 5.97 Å². The van der Waals surface area contributed by atoms with Gasteiger partial charge in [0, 0.05) is 6.04 Å². The van der Waals surface area contributed by atoms with Crippen molar-refractivity contribution >= 4 is 11.9 Å². The van der Waals surface area contributed by atoms with Crippen molar-refractivity contribution in [1.29, 1.82) is 0 Å².